The van der Waals surface area contributed by atoms with Crippen molar-refractivity contribution in [1.82, 2.24) is 10.2 Å². The van der Waals surface area contributed by atoms with Crippen molar-refractivity contribution in [2.24, 2.45) is 23.2 Å². The SMILES string of the molecule is COc1ccccc1N1CCN(CCCNC(=O)C23C[C@@H]4CC2C[C@@H](C4)C3)CC1. The summed E-state index contributed by atoms with van der Waals surface area (Å²) >= 11 is 0. The van der Waals surface area contributed by atoms with E-state index in [2.05, 4.69) is 27.2 Å². The van der Waals surface area contributed by atoms with Crippen LogP contribution in [0.4, 0.5) is 5.69 Å². The normalized spacial score (nSPS) is 33.3. The number of carbonyl (C=O) groups is 1. The van der Waals surface area contributed by atoms with Gasteiger partial charge < -0.3 is 15.0 Å². The van der Waals surface area contributed by atoms with Gasteiger partial charge >= 0.3 is 0 Å². The van der Waals surface area contributed by atoms with Crippen LogP contribution in [-0.2, 0) is 4.79 Å². The Hall–Kier alpha value is -1.75. The molecule has 5 aliphatic rings. The molecule has 4 bridgehead atoms. The first-order chi connectivity index (χ1) is 14.2. The van der Waals surface area contributed by atoms with Crippen LogP contribution in [0.5, 0.6) is 5.75 Å². The summed E-state index contributed by atoms with van der Waals surface area (Å²) in [5.74, 6) is 3.72. The minimum Gasteiger partial charge on any atom is -0.495 e. The zero-order valence-electron chi connectivity index (χ0n) is 17.7. The predicted octanol–water partition coefficient (Wildman–Crippen LogP) is 3.15. The standard InChI is InChI=1S/C24H35N3O2/c1-29-22-6-3-2-5-21(22)27-11-9-26(10-12-27)8-4-7-25-23(28)24-16-18-13-19(17-24)15-20(24)14-18/h2-3,5-6,18-20H,4,7-17H2,1H3,(H,25,28)/t18-,19+,20?,24?. The summed E-state index contributed by atoms with van der Waals surface area (Å²) < 4.78 is 5.51. The van der Waals surface area contributed by atoms with E-state index in [-0.39, 0.29) is 5.41 Å². The molecule has 1 aromatic carbocycles. The topological polar surface area (TPSA) is 44.8 Å². The van der Waals surface area contributed by atoms with Crippen molar-refractivity contribution in [3.63, 3.8) is 0 Å². The quantitative estimate of drug-likeness (QED) is 0.718. The molecule has 0 spiro atoms. The number of benzene rings is 1. The molecule has 6 rings (SSSR count). The summed E-state index contributed by atoms with van der Waals surface area (Å²) in [6.07, 6.45) is 7.43. The molecule has 29 heavy (non-hydrogen) atoms. The lowest BCUT2D eigenvalue weighted by Crippen LogP contribution is -2.47. The van der Waals surface area contributed by atoms with Gasteiger partial charge in [-0.1, -0.05) is 12.1 Å². The van der Waals surface area contributed by atoms with Crippen molar-refractivity contribution < 1.29 is 9.53 Å². The van der Waals surface area contributed by atoms with Crippen LogP contribution in [0, 0.1) is 23.2 Å². The number of nitrogens with zero attached hydrogens (tertiary/aromatic N) is 2. The fourth-order valence-electron chi connectivity index (χ4n) is 6.95. The van der Waals surface area contributed by atoms with Crippen molar-refractivity contribution in [2.75, 3.05) is 51.3 Å². The van der Waals surface area contributed by atoms with Gasteiger partial charge in [-0.2, -0.15) is 0 Å². The van der Waals surface area contributed by atoms with Gasteiger partial charge in [-0.05, 0) is 75.0 Å². The van der Waals surface area contributed by atoms with Gasteiger partial charge in [0.1, 0.15) is 5.75 Å². The molecular weight excluding hydrogens is 362 g/mol. The van der Waals surface area contributed by atoms with Crippen LogP contribution >= 0.6 is 0 Å². The van der Waals surface area contributed by atoms with Gasteiger partial charge in [0, 0.05) is 32.7 Å². The third-order valence-electron chi connectivity index (χ3n) is 8.18. The van der Waals surface area contributed by atoms with Gasteiger partial charge in [-0.3, -0.25) is 9.69 Å². The number of para-hydroxylation sites is 2. The summed E-state index contributed by atoms with van der Waals surface area (Å²) in [6, 6.07) is 8.28. The Labute approximate surface area is 174 Å². The van der Waals surface area contributed by atoms with Crippen LogP contribution in [0.1, 0.15) is 38.5 Å². The number of nitrogens with one attached hydrogen (secondary N) is 1. The number of ether oxygens (including phenoxy) is 1. The fourth-order valence-corrected chi connectivity index (χ4v) is 6.95. The van der Waals surface area contributed by atoms with Gasteiger partial charge in [0.05, 0.1) is 18.2 Å². The van der Waals surface area contributed by atoms with Crippen molar-refractivity contribution in [1.29, 1.82) is 0 Å². The van der Waals surface area contributed by atoms with Gasteiger partial charge in [-0.25, -0.2) is 0 Å². The Morgan fingerprint density at radius 2 is 1.83 bits per heavy atom. The zero-order chi connectivity index (χ0) is 19.8. The van der Waals surface area contributed by atoms with Crippen LogP contribution in [0.15, 0.2) is 24.3 Å². The first-order valence-electron chi connectivity index (χ1n) is 11.6. The average Bonchev–Trinajstić information content (AvgIpc) is 3.16. The molecule has 0 radical (unpaired) electrons. The Bertz CT molecular complexity index is 729. The third-order valence-corrected chi connectivity index (χ3v) is 8.18. The van der Waals surface area contributed by atoms with Crippen LogP contribution in [0.3, 0.4) is 0 Å². The number of hydrogen-bond acceptors (Lipinski definition) is 4. The Balaban J connectivity index is 1.04. The summed E-state index contributed by atoms with van der Waals surface area (Å²) in [6.45, 7) is 6.10. The fraction of sp³-hybridized carbons (Fsp3) is 0.708. The molecule has 1 amide bonds. The van der Waals surface area contributed by atoms with Crippen molar-refractivity contribution in [3.8, 4) is 5.75 Å². The molecule has 1 aromatic rings. The predicted molar refractivity (Wildman–Crippen MR) is 115 cm³/mol. The molecule has 4 atom stereocenters. The first kappa shape index (κ1) is 19.2. The lowest BCUT2D eigenvalue weighted by Gasteiger charge is -2.36. The lowest BCUT2D eigenvalue weighted by atomic mass is 9.75. The number of methoxy groups -OCH3 is 1. The van der Waals surface area contributed by atoms with E-state index >= 15 is 0 Å². The molecule has 5 fully saturated rings. The van der Waals surface area contributed by atoms with E-state index in [1.807, 2.05) is 12.1 Å². The van der Waals surface area contributed by atoms with Gasteiger partial charge in [-0.15, -0.1) is 0 Å². The van der Waals surface area contributed by atoms with Crippen molar-refractivity contribution >= 4 is 11.6 Å². The minimum atomic E-state index is 0.0218. The number of piperazine rings is 1. The maximum atomic E-state index is 13.0. The number of anilines is 1. The second-order valence-corrected chi connectivity index (χ2v) is 9.81. The van der Waals surface area contributed by atoms with E-state index in [0.29, 0.717) is 11.8 Å². The molecule has 1 saturated heterocycles. The van der Waals surface area contributed by atoms with E-state index < -0.39 is 0 Å². The molecule has 158 valence electrons. The first-order valence-corrected chi connectivity index (χ1v) is 11.6. The molecule has 5 nitrogen and oxygen atoms in total. The number of hydrogen-bond donors (Lipinski definition) is 1. The van der Waals surface area contributed by atoms with Crippen LogP contribution in [0.25, 0.3) is 0 Å². The second-order valence-electron chi connectivity index (χ2n) is 9.81. The van der Waals surface area contributed by atoms with Crippen molar-refractivity contribution in [2.45, 2.75) is 38.5 Å². The molecule has 4 saturated carbocycles. The van der Waals surface area contributed by atoms with E-state index in [0.717, 1.165) is 63.3 Å². The Morgan fingerprint density at radius 3 is 2.55 bits per heavy atom. The maximum absolute atomic E-state index is 13.0. The van der Waals surface area contributed by atoms with E-state index in [1.54, 1.807) is 7.11 Å². The highest BCUT2D eigenvalue weighted by molar-refractivity contribution is 5.84. The summed E-state index contributed by atoms with van der Waals surface area (Å²) in [5.41, 5.74) is 1.22. The average molecular weight is 398 g/mol. The highest BCUT2D eigenvalue weighted by atomic mass is 16.5. The van der Waals surface area contributed by atoms with Crippen molar-refractivity contribution in [3.05, 3.63) is 24.3 Å². The number of rotatable bonds is 7. The minimum absolute atomic E-state index is 0.0218. The highest BCUT2D eigenvalue weighted by Crippen LogP contribution is 2.65. The van der Waals surface area contributed by atoms with E-state index in [1.165, 1.54) is 37.8 Å². The molecule has 0 aromatic heterocycles. The summed E-state index contributed by atoms with van der Waals surface area (Å²) in [4.78, 5) is 17.9. The third kappa shape index (κ3) is 3.52. The number of carbonyl (C=O) groups excluding carboxylic acids is 1. The molecule has 2 unspecified atom stereocenters. The lowest BCUT2D eigenvalue weighted by molar-refractivity contribution is -0.132. The molecule has 1 aliphatic heterocycles. The molecular formula is C24H35N3O2. The molecule has 5 heteroatoms. The zero-order valence-corrected chi connectivity index (χ0v) is 17.7. The van der Waals surface area contributed by atoms with Gasteiger partial charge in [0.2, 0.25) is 5.91 Å². The summed E-state index contributed by atoms with van der Waals surface area (Å²) in [5, 5.41) is 3.32. The largest absolute Gasteiger partial charge is 0.495 e. The van der Waals surface area contributed by atoms with Gasteiger partial charge in [0.15, 0.2) is 0 Å². The molecule has 1 heterocycles. The highest BCUT2D eigenvalue weighted by Gasteiger charge is 2.61. The molecule has 1 N–H and O–H groups in total. The second kappa shape index (κ2) is 7.82. The van der Waals surface area contributed by atoms with E-state index in [9.17, 15) is 4.79 Å². The maximum Gasteiger partial charge on any atom is 0.226 e. The van der Waals surface area contributed by atoms with Crippen LogP contribution in [0.2, 0.25) is 0 Å². The van der Waals surface area contributed by atoms with E-state index in [4.69, 9.17) is 4.74 Å². The number of amides is 1. The van der Waals surface area contributed by atoms with Gasteiger partial charge in [0.25, 0.3) is 0 Å². The Kier molecular flexibility index (Phi) is 5.19. The summed E-state index contributed by atoms with van der Waals surface area (Å²) in [7, 11) is 1.74. The van der Waals surface area contributed by atoms with Crippen LogP contribution < -0.4 is 15.0 Å². The smallest absolute Gasteiger partial charge is 0.226 e. The van der Waals surface area contributed by atoms with Crippen LogP contribution in [-0.4, -0.2) is 57.2 Å². The monoisotopic (exact) mass is 397 g/mol. The Morgan fingerprint density at radius 1 is 1.10 bits per heavy atom. The molecule has 4 aliphatic carbocycles.